The number of anilines is 3. The Kier molecular flexibility index (Phi) is 4.24. The Morgan fingerprint density at radius 1 is 1.15 bits per heavy atom. The van der Waals surface area contributed by atoms with Crippen LogP contribution in [0.25, 0.3) is 0 Å². The number of nitrogens with two attached hydrogens (primary N) is 2. The SMILES string of the molecule is Nc1c(Nc2ccc(Br)cc2Cl)cccc1S(N)(=O)=O. The average molecular weight is 377 g/mol. The summed E-state index contributed by atoms with van der Waals surface area (Å²) in [6.45, 7) is 0. The number of sulfonamides is 1. The van der Waals surface area contributed by atoms with Crippen LogP contribution in [0.1, 0.15) is 0 Å². The zero-order chi connectivity index (χ0) is 14.9. The van der Waals surface area contributed by atoms with Crippen LogP contribution in [0, 0.1) is 0 Å². The number of para-hydroxylation sites is 1. The molecule has 0 heterocycles. The van der Waals surface area contributed by atoms with Gasteiger partial charge in [0.1, 0.15) is 4.90 Å². The molecule has 2 aromatic carbocycles. The molecule has 5 nitrogen and oxygen atoms in total. The summed E-state index contributed by atoms with van der Waals surface area (Å²) in [5.74, 6) is 0. The number of hydrogen-bond donors (Lipinski definition) is 3. The predicted octanol–water partition coefficient (Wildman–Crippen LogP) is 3.08. The number of benzene rings is 2. The third kappa shape index (κ3) is 3.24. The lowest BCUT2D eigenvalue weighted by molar-refractivity contribution is 0.598. The minimum Gasteiger partial charge on any atom is -0.396 e. The van der Waals surface area contributed by atoms with E-state index in [2.05, 4.69) is 21.2 Å². The summed E-state index contributed by atoms with van der Waals surface area (Å²) < 4.78 is 23.6. The standard InChI is InChI=1S/C12H11BrClN3O2S/c13-7-4-5-9(8(14)6-7)17-10-2-1-3-11(12(10)15)20(16,18)19/h1-6,17H,15H2,(H2,16,18,19). The van der Waals surface area contributed by atoms with Crippen molar-refractivity contribution < 1.29 is 8.42 Å². The van der Waals surface area contributed by atoms with Gasteiger partial charge in [-0.2, -0.15) is 0 Å². The zero-order valence-corrected chi connectivity index (χ0v) is 13.3. The Morgan fingerprint density at radius 3 is 2.45 bits per heavy atom. The molecule has 0 amide bonds. The molecule has 2 aromatic rings. The maximum Gasteiger partial charge on any atom is 0.240 e. The van der Waals surface area contributed by atoms with E-state index >= 15 is 0 Å². The van der Waals surface area contributed by atoms with Gasteiger partial charge in [-0.15, -0.1) is 0 Å². The topological polar surface area (TPSA) is 98.2 Å². The lowest BCUT2D eigenvalue weighted by Gasteiger charge is -2.13. The summed E-state index contributed by atoms with van der Waals surface area (Å²) in [5.41, 5.74) is 6.90. The van der Waals surface area contributed by atoms with E-state index in [1.807, 2.05) is 0 Å². The Bertz CT molecular complexity index is 765. The van der Waals surface area contributed by atoms with E-state index in [1.165, 1.54) is 6.07 Å². The van der Waals surface area contributed by atoms with Crippen LogP contribution in [0.15, 0.2) is 45.8 Å². The first kappa shape index (κ1) is 15.1. The Balaban J connectivity index is 2.45. The van der Waals surface area contributed by atoms with E-state index in [9.17, 15) is 8.42 Å². The normalized spacial score (nSPS) is 11.3. The summed E-state index contributed by atoms with van der Waals surface area (Å²) in [4.78, 5) is -0.129. The molecule has 106 valence electrons. The first-order valence-electron chi connectivity index (χ1n) is 5.42. The molecule has 5 N–H and O–H groups in total. The molecule has 0 saturated heterocycles. The summed E-state index contributed by atoms with van der Waals surface area (Å²) in [5, 5.41) is 8.56. The zero-order valence-electron chi connectivity index (χ0n) is 10.1. The van der Waals surface area contributed by atoms with Crippen molar-refractivity contribution in [3.05, 3.63) is 45.9 Å². The van der Waals surface area contributed by atoms with E-state index < -0.39 is 10.0 Å². The Labute approximate surface area is 130 Å². The molecule has 0 aliphatic rings. The lowest BCUT2D eigenvalue weighted by Crippen LogP contribution is -2.15. The predicted molar refractivity (Wildman–Crippen MR) is 84.7 cm³/mol. The van der Waals surface area contributed by atoms with Gasteiger partial charge < -0.3 is 11.1 Å². The van der Waals surface area contributed by atoms with Gasteiger partial charge in [0, 0.05) is 4.47 Å². The fraction of sp³-hybridized carbons (Fsp3) is 0. The van der Waals surface area contributed by atoms with Crippen molar-refractivity contribution in [1.82, 2.24) is 0 Å². The van der Waals surface area contributed by atoms with E-state index in [0.717, 1.165) is 4.47 Å². The van der Waals surface area contributed by atoms with Crippen LogP contribution in [0.3, 0.4) is 0 Å². The van der Waals surface area contributed by atoms with Crippen LogP contribution < -0.4 is 16.2 Å². The molecular formula is C12H11BrClN3O2S. The minimum absolute atomic E-state index is 0.0500. The van der Waals surface area contributed by atoms with E-state index in [0.29, 0.717) is 16.4 Å². The molecule has 0 aliphatic heterocycles. The highest BCUT2D eigenvalue weighted by molar-refractivity contribution is 9.10. The first-order valence-corrected chi connectivity index (χ1v) is 8.14. The number of halogens is 2. The van der Waals surface area contributed by atoms with Crippen LogP contribution in [-0.2, 0) is 10.0 Å². The molecule has 8 heteroatoms. The third-order valence-corrected chi connectivity index (χ3v) is 4.35. The van der Waals surface area contributed by atoms with Gasteiger partial charge in [0.05, 0.1) is 22.1 Å². The second-order valence-corrected chi connectivity index (χ2v) is 6.86. The summed E-state index contributed by atoms with van der Waals surface area (Å²) in [7, 11) is -3.87. The first-order chi connectivity index (χ1) is 9.29. The molecule has 0 unspecified atom stereocenters. The second kappa shape index (κ2) is 5.61. The molecule has 0 radical (unpaired) electrons. The molecule has 20 heavy (non-hydrogen) atoms. The van der Waals surface area contributed by atoms with Gasteiger partial charge in [-0.3, -0.25) is 0 Å². The lowest BCUT2D eigenvalue weighted by atomic mass is 10.2. The van der Waals surface area contributed by atoms with Crippen molar-refractivity contribution >= 4 is 54.6 Å². The summed E-state index contributed by atoms with van der Waals surface area (Å²) >= 11 is 9.39. The Hall–Kier alpha value is -1.28. The van der Waals surface area contributed by atoms with E-state index in [1.54, 1.807) is 30.3 Å². The number of nitrogen functional groups attached to an aromatic ring is 1. The molecule has 2 rings (SSSR count). The smallest absolute Gasteiger partial charge is 0.240 e. The highest BCUT2D eigenvalue weighted by atomic mass is 79.9. The third-order valence-electron chi connectivity index (χ3n) is 2.57. The molecule has 0 aromatic heterocycles. The fourth-order valence-corrected chi connectivity index (χ4v) is 3.04. The van der Waals surface area contributed by atoms with Crippen molar-refractivity contribution in [2.24, 2.45) is 5.14 Å². The van der Waals surface area contributed by atoms with Gasteiger partial charge in [0.15, 0.2) is 0 Å². The van der Waals surface area contributed by atoms with Gasteiger partial charge in [-0.25, -0.2) is 13.6 Å². The quantitative estimate of drug-likeness (QED) is 0.717. The number of primary sulfonamides is 1. The maximum atomic E-state index is 11.4. The molecule has 0 aliphatic carbocycles. The van der Waals surface area contributed by atoms with Gasteiger partial charge in [-0.05, 0) is 30.3 Å². The van der Waals surface area contributed by atoms with Crippen LogP contribution in [-0.4, -0.2) is 8.42 Å². The molecule has 0 atom stereocenters. The van der Waals surface area contributed by atoms with Crippen LogP contribution in [0.2, 0.25) is 5.02 Å². The van der Waals surface area contributed by atoms with Gasteiger partial charge in [0.25, 0.3) is 0 Å². The number of hydrogen-bond acceptors (Lipinski definition) is 4. The van der Waals surface area contributed by atoms with Crippen LogP contribution >= 0.6 is 27.5 Å². The van der Waals surface area contributed by atoms with Crippen molar-refractivity contribution in [2.75, 3.05) is 11.1 Å². The fourth-order valence-electron chi connectivity index (χ4n) is 1.64. The number of nitrogens with one attached hydrogen (secondary N) is 1. The highest BCUT2D eigenvalue weighted by Crippen LogP contribution is 2.32. The monoisotopic (exact) mass is 375 g/mol. The summed E-state index contributed by atoms with van der Waals surface area (Å²) in [6.07, 6.45) is 0. The molecule has 0 saturated carbocycles. The largest absolute Gasteiger partial charge is 0.396 e. The minimum atomic E-state index is -3.87. The summed E-state index contributed by atoms with van der Waals surface area (Å²) in [6, 6.07) is 9.79. The molecule has 0 spiro atoms. The molecular weight excluding hydrogens is 366 g/mol. The van der Waals surface area contributed by atoms with Crippen molar-refractivity contribution in [2.45, 2.75) is 4.90 Å². The average Bonchev–Trinajstić information content (AvgIpc) is 2.33. The molecule has 0 bridgehead atoms. The maximum absolute atomic E-state index is 11.4. The van der Waals surface area contributed by atoms with Crippen molar-refractivity contribution in [3.8, 4) is 0 Å². The van der Waals surface area contributed by atoms with Crippen LogP contribution in [0.5, 0.6) is 0 Å². The van der Waals surface area contributed by atoms with Crippen molar-refractivity contribution in [1.29, 1.82) is 0 Å². The van der Waals surface area contributed by atoms with Crippen molar-refractivity contribution in [3.63, 3.8) is 0 Å². The highest BCUT2D eigenvalue weighted by Gasteiger charge is 2.15. The Morgan fingerprint density at radius 2 is 1.85 bits per heavy atom. The van der Waals surface area contributed by atoms with Gasteiger partial charge >= 0.3 is 0 Å². The second-order valence-electron chi connectivity index (χ2n) is 4.01. The van der Waals surface area contributed by atoms with E-state index in [-0.39, 0.29) is 10.6 Å². The molecule has 0 fully saturated rings. The number of rotatable bonds is 3. The van der Waals surface area contributed by atoms with E-state index in [4.69, 9.17) is 22.5 Å². The van der Waals surface area contributed by atoms with Crippen LogP contribution in [0.4, 0.5) is 17.1 Å². The van der Waals surface area contributed by atoms with Gasteiger partial charge in [-0.1, -0.05) is 33.6 Å². The van der Waals surface area contributed by atoms with Gasteiger partial charge in [0.2, 0.25) is 10.0 Å².